The number of nitrogens with zero attached hydrogens (tertiary/aromatic N) is 1. The van der Waals surface area contributed by atoms with Crippen molar-refractivity contribution in [2.24, 2.45) is 52.3 Å². The van der Waals surface area contributed by atoms with Gasteiger partial charge in [-0.3, -0.25) is 14.9 Å². The molecule has 0 radical (unpaired) electrons. The molecule has 0 bridgehead atoms. The van der Waals surface area contributed by atoms with Crippen molar-refractivity contribution in [3.63, 3.8) is 0 Å². The lowest BCUT2D eigenvalue weighted by atomic mass is 9.44. The van der Waals surface area contributed by atoms with Crippen molar-refractivity contribution in [1.82, 2.24) is 0 Å². The van der Waals surface area contributed by atoms with Crippen molar-refractivity contribution in [1.29, 1.82) is 0 Å². The normalized spacial score (nSPS) is 45.7. The van der Waals surface area contributed by atoms with Crippen LogP contribution < -0.4 is 0 Å². The van der Waals surface area contributed by atoms with Gasteiger partial charge in [0.05, 0.1) is 0 Å². The Bertz CT molecular complexity index is 705. The summed E-state index contributed by atoms with van der Waals surface area (Å²) in [7, 11) is 0. The minimum absolute atomic E-state index is 0.0170. The third-order valence-electron chi connectivity index (χ3n) is 11.0. The Balaban J connectivity index is 1.50. The molecule has 0 unspecified atom stereocenters. The Morgan fingerprint density at radius 3 is 2.39 bits per heavy atom. The third kappa shape index (κ3) is 3.88. The van der Waals surface area contributed by atoms with E-state index in [1.807, 2.05) is 0 Å². The Kier molecular flexibility index (Phi) is 6.33. The van der Waals surface area contributed by atoms with Gasteiger partial charge in [-0.25, -0.2) is 0 Å². The van der Waals surface area contributed by atoms with Gasteiger partial charge < -0.3 is 0 Å². The standard InChI is InChI=1S/C27H45NO3/c1-17(2)7-6-8-18(3)21-11-12-22-20-10-9-19-15-25(29)24(28(30)31)16-27(19,5)23(20)13-14-26(21,22)4/h17-24H,6-16H2,1-5H3/t18-,19+,20+,21-,22+,23+,24-,26-,27+/m1/s1. The van der Waals surface area contributed by atoms with Crippen LogP contribution >= 0.6 is 0 Å². The van der Waals surface area contributed by atoms with Gasteiger partial charge in [0.15, 0.2) is 0 Å². The van der Waals surface area contributed by atoms with Crippen LogP contribution in [0.2, 0.25) is 0 Å². The molecule has 0 amide bonds. The largest absolute Gasteiger partial charge is 0.292 e. The van der Waals surface area contributed by atoms with Gasteiger partial charge in [0, 0.05) is 17.8 Å². The molecule has 176 valence electrons. The molecule has 4 saturated carbocycles. The fourth-order valence-corrected chi connectivity index (χ4v) is 9.31. The predicted molar refractivity (Wildman–Crippen MR) is 124 cm³/mol. The van der Waals surface area contributed by atoms with Crippen LogP contribution in [0.25, 0.3) is 0 Å². The highest BCUT2D eigenvalue weighted by atomic mass is 16.6. The molecule has 0 spiro atoms. The molecule has 4 aliphatic rings. The second-order valence-corrected chi connectivity index (χ2v) is 12.9. The first-order valence-electron chi connectivity index (χ1n) is 13.2. The first-order valence-corrected chi connectivity index (χ1v) is 13.2. The molecule has 0 heterocycles. The minimum Gasteiger partial charge on any atom is -0.292 e. The van der Waals surface area contributed by atoms with Crippen molar-refractivity contribution in [3.8, 4) is 0 Å². The summed E-state index contributed by atoms with van der Waals surface area (Å²) in [5.41, 5.74) is 0.436. The topological polar surface area (TPSA) is 60.2 Å². The van der Waals surface area contributed by atoms with Gasteiger partial charge >= 0.3 is 0 Å². The van der Waals surface area contributed by atoms with Crippen LogP contribution in [0.3, 0.4) is 0 Å². The van der Waals surface area contributed by atoms with Gasteiger partial charge in [-0.1, -0.05) is 53.9 Å². The Hall–Kier alpha value is -0.930. The van der Waals surface area contributed by atoms with E-state index in [1.165, 1.54) is 51.4 Å². The zero-order valence-electron chi connectivity index (χ0n) is 20.6. The number of carbonyl (C=O) groups is 1. The highest BCUT2D eigenvalue weighted by Gasteiger charge is 2.62. The van der Waals surface area contributed by atoms with Gasteiger partial charge in [-0.15, -0.1) is 0 Å². The van der Waals surface area contributed by atoms with Crippen molar-refractivity contribution in [2.45, 2.75) is 111 Å². The second kappa shape index (κ2) is 8.45. The van der Waals surface area contributed by atoms with E-state index in [2.05, 4.69) is 34.6 Å². The molecule has 4 fully saturated rings. The van der Waals surface area contributed by atoms with Gasteiger partial charge in [0.25, 0.3) is 6.04 Å². The number of rotatable bonds is 6. The summed E-state index contributed by atoms with van der Waals surface area (Å²) < 4.78 is 0. The first-order chi connectivity index (χ1) is 14.6. The van der Waals surface area contributed by atoms with E-state index in [-0.39, 0.29) is 16.1 Å². The maximum atomic E-state index is 12.4. The average molecular weight is 432 g/mol. The lowest BCUT2D eigenvalue weighted by Crippen LogP contribution is -2.57. The zero-order valence-corrected chi connectivity index (χ0v) is 20.6. The van der Waals surface area contributed by atoms with Gasteiger partial charge in [-0.2, -0.15) is 0 Å². The Morgan fingerprint density at radius 1 is 1.00 bits per heavy atom. The summed E-state index contributed by atoms with van der Waals surface area (Å²) in [6, 6.07) is -0.953. The van der Waals surface area contributed by atoms with Crippen LogP contribution in [0.4, 0.5) is 0 Å². The van der Waals surface area contributed by atoms with Crippen LogP contribution in [0.1, 0.15) is 105 Å². The number of hydrogen-bond donors (Lipinski definition) is 0. The molecule has 4 rings (SSSR count). The molecule has 4 nitrogen and oxygen atoms in total. The maximum Gasteiger partial charge on any atom is 0.270 e. The van der Waals surface area contributed by atoms with Crippen molar-refractivity contribution in [2.75, 3.05) is 0 Å². The summed E-state index contributed by atoms with van der Waals surface area (Å²) in [6.45, 7) is 12.1. The average Bonchev–Trinajstić information content (AvgIpc) is 3.05. The molecule has 0 N–H and O–H groups in total. The quantitative estimate of drug-likeness (QED) is 0.338. The first kappa shape index (κ1) is 23.2. The van der Waals surface area contributed by atoms with E-state index in [1.54, 1.807) is 0 Å². The number of nitro groups is 1. The molecule has 9 atom stereocenters. The SMILES string of the molecule is CC(C)CCC[C@@H](C)[C@H]1CC[C@H]2[C@@H]3CC[C@H]4CC(=O)[C@H]([N+](=O)[O-])C[C@]4(C)[C@H]3CC[C@]12C. The predicted octanol–water partition coefficient (Wildman–Crippen LogP) is 6.93. The van der Waals surface area contributed by atoms with Crippen LogP contribution in [-0.4, -0.2) is 16.7 Å². The van der Waals surface area contributed by atoms with E-state index in [4.69, 9.17) is 0 Å². The number of hydrogen-bond acceptors (Lipinski definition) is 3. The van der Waals surface area contributed by atoms with Gasteiger partial charge in [-0.05, 0) is 90.8 Å². The summed E-state index contributed by atoms with van der Waals surface area (Å²) in [6.07, 6.45) is 12.6. The summed E-state index contributed by atoms with van der Waals surface area (Å²) in [5, 5.41) is 11.6. The molecule has 0 aromatic rings. The monoisotopic (exact) mass is 431 g/mol. The Morgan fingerprint density at radius 2 is 1.71 bits per heavy atom. The molecule has 4 aliphatic carbocycles. The van der Waals surface area contributed by atoms with Crippen molar-refractivity contribution in [3.05, 3.63) is 10.1 Å². The molecule has 0 saturated heterocycles. The van der Waals surface area contributed by atoms with Crippen LogP contribution in [0.5, 0.6) is 0 Å². The summed E-state index contributed by atoms with van der Waals surface area (Å²) in [5.74, 6) is 4.79. The molecular formula is C27H45NO3. The minimum atomic E-state index is -0.953. The molecule has 0 aliphatic heterocycles. The zero-order chi connectivity index (χ0) is 22.6. The van der Waals surface area contributed by atoms with E-state index in [0.717, 1.165) is 30.1 Å². The fourth-order valence-electron chi connectivity index (χ4n) is 9.31. The highest BCUT2D eigenvalue weighted by molar-refractivity contribution is 5.84. The fraction of sp³-hybridized carbons (Fsp3) is 0.963. The van der Waals surface area contributed by atoms with Crippen LogP contribution in [0.15, 0.2) is 0 Å². The smallest absolute Gasteiger partial charge is 0.270 e. The second-order valence-electron chi connectivity index (χ2n) is 12.9. The lowest BCUT2D eigenvalue weighted by molar-refractivity contribution is -0.514. The van der Waals surface area contributed by atoms with E-state index in [0.29, 0.717) is 36.0 Å². The summed E-state index contributed by atoms with van der Waals surface area (Å²) in [4.78, 5) is 23.8. The maximum absolute atomic E-state index is 12.4. The molecular weight excluding hydrogens is 386 g/mol. The molecule has 31 heavy (non-hydrogen) atoms. The van der Waals surface area contributed by atoms with Crippen LogP contribution in [0, 0.1) is 62.4 Å². The lowest BCUT2D eigenvalue weighted by Gasteiger charge is -2.60. The molecule has 0 aromatic carbocycles. The van der Waals surface area contributed by atoms with Gasteiger partial charge in [0.1, 0.15) is 0 Å². The molecule has 4 heteroatoms. The summed E-state index contributed by atoms with van der Waals surface area (Å²) >= 11 is 0. The number of Topliss-reactive ketones (excluding diaryl/α,β-unsaturated/α-hetero) is 1. The number of ketones is 1. The van der Waals surface area contributed by atoms with Gasteiger partial charge in [0.2, 0.25) is 5.78 Å². The van der Waals surface area contributed by atoms with E-state index < -0.39 is 6.04 Å². The van der Waals surface area contributed by atoms with Crippen molar-refractivity contribution < 1.29 is 9.72 Å². The van der Waals surface area contributed by atoms with E-state index in [9.17, 15) is 14.9 Å². The third-order valence-corrected chi connectivity index (χ3v) is 11.0. The van der Waals surface area contributed by atoms with Crippen molar-refractivity contribution >= 4 is 5.78 Å². The van der Waals surface area contributed by atoms with Crippen LogP contribution in [-0.2, 0) is 4.79 Å². The molecule has 0 aromatic heterocycles. The highest BCUT2D eigenvalue weighted by Crippen LogP contribution is 2.68. The number of fused-ring (bicyclic) bond motifs is 5. The number of carbonyl (C=O) groups excluding carboxylic acids is 1. The van der Waals surface area contributed by atoms with E-state index >= 15 is 0 Å². The Labute approximate surface area is 189 Å².